The second-order valence-electron chi connectivity index (χ2n) is 3.77. The van der Waals surface area contributed by atoms with Crippen molar-refractivity contribution in [3.8, 4) is 11.8 Å². The molecule has 0 fully saturated rings. The van der Waals surface area contributed by atoms with Gasteiger partial charge in [0.25, 0.3) is 0 Å². The number of aryl methyl sites for hydroxylation is 1. The molecule has 0 radical (unpaired) electrons. The number of nitrogens with zero attached hydrogens (tertiary/aromatic N) is 2. The SMILES string of the molecule is Cc1cc(C(=N)N)nc(Oc2ccc(F)c(F)c2)n1. The van der Waals surface area contributed by atoms with Crippen molar-refractivity contribution >= 4 is 5.84 Å². The Hall–Kier alpha value is -2.57. The van der Waals surface area contributed by atoms with Gasteiger partial charge in [-0.2, -0.15) is 4.98 Å². The van der Waals surface area contributed by atoms with E-state index >= 15 is 0 Å². The van der Waals surface area contributed by atoms with Crippen LogP contribution in [0.4, 0.5) is 8.78 Å². The number of hydrogen-bond acceptors (Lipinski definition) is 4. The molecule has 1 aromatic carbocycles. The summed E-state index contributed by atoms with van der Waals surface area (Å²) in [6, 6.07) is 4.50. The molecule has 7 heteroatoms. The smallest absolute Gasteiger partial charge is 0.322 e. The predicted octanol–water partition coefficient (Wildman–Crippen LogP) is 2.14. The summed E-state index contributed by atoms with van der Waals surface area (Å²) in [6.07, 6.45) is 0. The van der Waals surface area contributed by atoms with Gasteiger partial charge in [0.05, 0.1) is 0 Å². The van der Waals surface area contributed by atoms with Gasteiger partial charge in [-0.25, -0.2) is 13.8 Å². The summed E-state index contributed by atoms with van der Waals surface area (Å²) in [6.45, 7) is 1.67. The molecule has 2 aromatic rings. The third kappa shape index (κ3) is 3.01. The van der Waals surface area contributed by atoms with Crippen molar-refractivity contribution in [1.82, 2.24) is 9.97 Å². The van der Waals surface area contributed by atoms with Crippen LogP contribution in [0.2, 0.25) is 0 Å². The van der Waals surface area contributed by atoms with Gasteiger partial charge >= 0.3 is 6.01 Å². The highest BCUT2D eigenvalue weighted by Crippen LogP contribution is 2.20. The summed E-state index contributed by atoms with van der Waals surface area (Å²) in [5.41, 5.74) is 6.06. The van der Waals surface area contributed by atoms with Gasteiger partial charge in [-0.15, -0.1) is 0 Å². The number of aromatic nitrogens is 2. The second-order valence-corrected chi connectivity index (χ2v) is 3.77. The molecule has 0 bridgehead atoms. The van der Waals surface area contributed by atoms with E-state index in [0.29, 0.717) is 5.69 Å². The quantitative estimate of drug-likeness (QED) is 0.657. The average molecular weight is 264 g/mol. The number of hydrogen-bond donors (Lipinski definition) is 2. The van der Waals surface area contributed by atoms with E-state index in [1.807, 2.05) is 0 Å². The Morgan fingerprint density at radius 2 is 1.95 bits per heavy atom. The Kier molecular flexibility index (Phi) is 3.37. The van der Waals surface area contributed by atoms with Gasteiger partial charge in [0.1, 0.15) is 17.3 Å². The lowest BCUT2D eigenvalue weighted by atomic mass is 10.3. The highest BCUT2D eigenvalue weighted by molar-refractivity contribution is 5.93. The van der Waals surface area contributed by atoms with E-state index in [1.54, 1.807) is 6.92 Å². The molecule has 0 aliphatic heterocycles. The van der Waals surface area contributed by atoms with Crippen LogP contribution in [0.3, 0.4) is 0 Å². The number of halogens is 2. The van der Waals surface area contributed by atoms with Crippen LogP contribution in [0.5, 0.6) is 11.8 Å². The van der Waals surface area contributed by atoms with E-state index in [2.05, 4.69) is 9.97 Å². The second kappa shape index (κ2) is 4.97. The minimum atomic E-state index is -1.03. The van der Waals surface area contributed by atoms with Crippen LogP contribution >= 0.6 is 0 Å². The normalized spacial score (nSPS) is 10.3. The molecule has 0 aliphatic rings. The zero-order valence-electron chi connectivity index (χ0n) is 9.95. The van der Waals surface area contributed by atoms with Crippen molar-refractivity contribution in [2.24, 2.45) is 5.73 Å². The first-order valence-corrected chi connectivity index (χ1v) is 5.28. The Balaban J connectivity index is 2.32. The van der Waals surface area contributed by atoms with E-state index in [0.717, 1.165) is 12.1 Å². The first-order chi connectivity index (χ1) is 8.95. The summed E-state index contributed by atoms with van der Waals surface area (Å²) in [5, 5.41) is 7.29. The molecule has 0 spiro atoms. The fourth-order valence-electron chi connectivity index (χ4n) is 1.37. The first-order valence-electron chi connectivity index (χ1n) is 5.28. The van der Waals surface area contributed by atoms with Crippen molar-refractivity contribution in [2.45, 2.75) is 6.92 Å². The van der Waals surface area contributed by atoms with Gasteiger partial charge in [-0.3, -0.25) is 5.41 Å². The monoisotopic (exact) mass is 264 g/mol. The largest absolute Gasteiger partial charge is 0.424 e. The molecule has 3 N–H and O–H groups in total. The number of rotatable bonds is 3. The number of benzene rings is 1. The van der Waals surface area contributed by atoms with Gasteiger partial charge in [0.2, 0.25) is 0 Å². The summed E-state index contributed by atoms with van der Waals surface area (Å²) in [7, 11) is 0. The zero-order chi connectivity index (χ0) is 14.0. The molecule has 0 unspecified atom stereocenters. The highest BCUT2D eigenvalue weighted by atomic mass is 19.2. The maximum atomic E-state index is 13.0. The standard InChI is InChI=1S/C12H10F2N4O/c1-6-4-10(11(15)16)18-12(17-6)19-7-2-3-8(13)9(14)5-7/h2-5H,1H3,(H3,15,16). The average Bonchev–Trinajstić information content (AvgIpc) is 2.33. The summed E-state index contributed by atoms with van der Waals surface area (Å²) in [4.78, 5) is 7.84. The van der Waals surface area contributed by atoms with Gasteiger partial charge < -0.3 is 10.5 Å². The van der Waals surface area contributed by atoms with Gasteiger partial charge in [-0.05, 0) is 25.1 Å². The van der Waals surface area contributed by atoms with Crippen LogP contribution in [0.15, 0.2) is 24.3 Å². The molecule has 98 valence electrons. The zero-order valence-corrected chi connectivity index (χ0v) is 9.95. The molecule has 19 heavy (non-hydrogen) atoms. The molecule has 1 aromatic heterocycles. The number of nitrogens with one attached hydrogen (secondary N) is 1. The van der Waals surface area contributed by atoms with E-state index < -0.39 is 11.6 Å². The van der Waals surface area contributed by atoms with Crippen molar-refractivity contribution < 1.29 is 13.5 Å². The van der Waals surface area contributed by atoms with Crippen LogP contribution < -0.4 is 10.5 Å². The predicted molar refractivity (Wildman–Crippen MR) is 64.2 cm³/mol. The van der Waals surface area contributed by atoms with Gasteiger partial charge in [0.15, 0.2) is 11.6 Å². The fourth-order valence-corrected chi connectivity index (χ4v) is 1.37. The van der Waals surface area contributed by atoms with Crippen LogP contribution in [0.25, 0.3) is 0 Å². The minimum Gasteiger partial charge on any atom is -0.424 e. The van der Waals surface area contributed by atoms with Gasteiger partial charge in [0, 0.05) is 11.8 Å². The van der Waals surface area contributed by atoms with Crippen molar-refractivity contribution in [2.75, 3.05) is 0 Å². The number of amidine groups is 1. The summed E-state index contributed by atoms with van der Waals surface area (Å²) < 4.78 is 31.0. The van der Waals surface area contributed by atoms with Crippen LogP contribution in [0.1, 0.15) is 11.4 Å². The Morgan fingerprint density at radius 3 is 2.58 bits per heavy atom. The fraction of sp³-hybridized carbons (Fsp3) is 0.0833. The number of nitrogen functional groups attached to an aromatic ring is 1. The molecule has 2 rings (SSSR count). The van der Waals surface area contributed by atoms with Crippen molar-refractivity contribution in [3.63, 3.8) is 0 Å². The Morgan fingerprint density at radius 1 is 1.21 bits per heavy atom. The molecule has 0 aliphatic carbocycles. The number of ether oxygens (including phenoxy) is 1. The summed E-state index contributed by atoms with van der Waals surface area (Å²) >= 11 is 0. The molecule has 0 saturated carbocycles. The summed E-state index contributed by atoms with van der Waals surface area (Å²) in [5.74, 6) is -2.18. The van der Waals surface area contributed by atoms with Crippen molar-refractivity contribution in [3.05, 3.63) is 47.3 Å². The maximum absolute atomic E-state index is 13.0. The Bertz CT molecular complexity index is 646. The molecule has 5 nitrogen and oxygen atoms in total. The lowest BCUT2D eigenvalue weighted by Crippen LogP contribution is -2.14. The lowest BCUT2D eigenvalue weighted by Gasteiger charge is -2.06. The van der Waals surface area contributed by atoms with Crippen LogP contribution in [0, 0.1) is 24.0 Å². The molecule has 1 heterocycles. The van der Waals surface area contributed by atoms with E-state index in [9.17, 15) is 8.78 Å². The van der Waals surface area contributed by atoms with E-state index in [4.69, 9.17) is 15.9 Å². The third-order valence-electron chi connectivity index (χ3n) is 2.21. The molecule has 0 saturated heterocycles. The van der Waals surface area contributed by atoms with E-state index in [1.165, 1.54) is 12.1 Å². The van der Waals surface area contributed by atoms with Crippen LogP contribution in [-0.4, -0.2) is 15.8 Å². The lowest BCUT2D eigenvalue weighted by molar-refractivity contribution is 0.429. The van der Waals surface area contributed by atoms with Crippen molar-refractivity contribution in [1.29, 1.82) is 5.41 Å². The molecular weight excluding hydrogens is 254 g/mol. The molecule has 0 amide bonds. The Labute approximate surface area is 107 Å². The molecular formula is C12H10F2N4O. The minimum absolute atomic E-state index is 0.0546. The highest BCUT2D eigenvalue weighted by Gasteiger charge is 2.09. The van der Waals surface area contributed by atoms with Crippen LogP contribution in [-0.2, 0) is 0 Å². The third-order valence-corrected chi connectivity index (χ3v) is 2.21. The molecule has 0 atom stereocenters. The number of nitrogens with two attached hydrogens (primary N) is 1. The topological polar surface area (TPSA) is 84.9 Å². The van der Waals surface area contributed by atoms with Gasteiger partial charge in [-0.1, -0.05) is 0 Å². The van der Waals surface area contributed by atoms with E-state index in [-0.39, 0.29) is 23.3 Å². The maximum Gasteiger partial charge on any atom is 0.322 e. The first kappa shape index (κ1) is 12.9.